The Bertz CT molecular complexity index is 854. The van der Waals surface area contributed by atoms with E-state index >= 15 is 0 Å². The zero-order chi connectivity index (χ0) is 19.9. The van der Waals surface area contributed by atoms with E-state index in [2.05, 4.69) is 10.6 Å². The fourth-order valence-electron chi connectivity index (χ4n) is 3.17. The van der Waals surface area contributed by atoms with Crippen molar-refractivity contribution < 1.29 is 19.1 Å². The lowest BCUT2D eigenvalue weighted by molar-refractivity contribution is -0.126. The molecule has 0 saturated carbocycles. The number of rotatable bonds is 7. The number of ether oxygens (including phenoxy) is 1. The molecule has 0 aliphatic carbocycles. The zero-order valence-electron chi connectivity index (χ0n) is 15.7. The Hall–Kier alpha value is -3.35. The number of nitrogens with one attached hydrogen (secondary N) is 2. The van der Waals surface area contributed by atoms with Gasteiger partial charge in [0, 0.05) is 31.7 Å². The summed E-state index contributed by atoms with van der Waals surface area (Å²) in [5, 5.41) is 5.54. The topological polar surface area (TPSA) is 87.7 Å². The van der Waals surface area contributed by atoms with E-state index in [4.69, 9.17) is 4.74 Å². The van der Waals surface area contributed by atoms with E-state index in [0.29, 0.717) is 17.9 Å². The normalized spacial score (nSPS) is 16.0. The van der Waals surface area contributed by atoms with Crippen molar-refractivity contribution in [1.29, 1.82) is 0 Å². The first kappa shape index (κ1) is 19.4. The highest BCUT2D eigenvalue weighted by Gasteiger charge is 2.34. The number of carbonyl (C=O) groups is 3. The maximum Gasteiger partial charge on any atom is 0.255 e. The number of para-hydroxylation sites is 2. The molecule has 146 valence electrons. The molecule has 0 spiro atoms. The quantitative estimate of drug-likeness (QED) is 0.713. The molecule has 0 aromatic heterocycles. The van der Waals surface area contributed by atoms with Crippen molar-refractivity contribution in [3.63, 3.8) is 0 Å². The average Bonchev–Trinajstić information content (AvgIpc) is 3.13. The summed E-state index contributed by atoms with van der Waals surface area (Å²) in [5.74, 6) is -0.403. The Morgan fingerprint density at radius 2 is 1.71 bits per heavy atom. The highest BCUT2D eigenvalue weighted by atomic mass is 16.5. The van der Waals surface area contributed by atoms with Gasteiger partial charge in [0.2, 0.25) is 11.8 Å². The number of methoxy groups -OCH3 is 1. The molecule has 1 heterocycles. The minimum absolute atomic E-state index is 0.0594. The third kappa shape index (κ3) is 4.49. The van der Waals surface area contributed by atoms with Crippen LogP contribution < -0.4 is 20.3 Å². The van der Waals surface area contributed by atoms with Crippen molar-refractivity contribution in [3.8, 4) is 5.75 Å². The van der Waals surface area contributed by atoms with E-state index in [1.54, 1.807) is 29.2 Å². The van der Waals surface area contributed by atoms with Crippen molar-refractivity contribution >= 4 is 23.4 Å². The van der Waals surface area contributed by atoms with Gasteiger partial charge >= 0.3 is 0 Å². The molecule has 2 aromatic carbocycles. The molecule has 3 rings (SSSR count). The summed E-state index contributed by atoms with van der Waals surface area (Å²) in [6.07, 6.45) is 0.189. The molecular formula is C21H23N3O4. The van der Waals surface area contributed by atoms with Gasteiger partial charge in [-0.05, 0) is 24.3 Å². The summed E-state index contributed by atoms with van der Waals surface area (Å²) in [5.41, 5.74) is 1.24. The van der Waals surface area contributed by atoms with E-state index in [9.17, 15) is 14.4 Å². The fourth-order valence-corrected chi connectivity index (χ4v) is 3.17. The van der Waals surface area contributed by atoms with Crippen LogP contribution in [0.5, 0.6) is 5.75 Å². The van der Waals surface area contributed by atoms with Gasteiger partial charge in [-0.25, -0.2) is 0 Å². The summed E-state index contributed by atoms with van der Waals surface area (Å²) in [6.45, 7) is 0.934. The molecule has 1 saturated heterocycles. The molecule has 7 heteroatoms. The molecule has 0 radical (unpaired) electrons. The molecule has 2 N–H and O–H groups in total. The summed E-state index contributed by atoms with van der Waals surface area (Å²) < 4.78 is 5.17. The second kappa shape index (κ2) is 9.03. The van der Waals surface area contributed by atoms with Crippen molar-refractivity contribution in [3.05, 3.63) is 60.2 Å². The van der Waals surface area contributed by atoms with Gasteiger partial charge in [0.15, 0.2) is 0 Å². The Kier molecular flexibility index (Phi) is 6.26. The van der Waals surface area contributed by atoms with Crippen LogP contribution >= 0.6 is 0 Å². The van der Waals surface area contributed by atoms with Crippen molar-refractivity contribution in [2.24, 2.45) is 5.92 Å². The molecule has 3 amide bonds. The standard InChI is InChI=1S/C21H23N3O4/c1-28-18-10-6-5-9-17(18)21(27)23-12-11-22-20(26)15-13-19(25)24(14-15)16-7-3-2-4-8-16/h2-10,15H,11-14H2,1H3,(H,22,26)(H,23,27)/t15-/m0/s1. The lowest BCUT2D eigenvalue weighted by atomic mass is 10.1. The largest absolute Gasteiger partial charge is 0.496 e. The van der Waals surface area contributed by atoms with Crippen LogP contribution in [-0.4, -0.2) is 44.5 Å². The third-order valence-corrected chi connectivity index (χ3v) is 4.63. The number of carbonyl (C=O) groups excluding carboxylic acids is 3. The molecule has 2 aromatic rings. The molecule has 1 atom stereocenters. The monoisotopic (exact) mass is 381 g/mol. The molecule has 1 aliphatic rings. The van der Waals surface area contributed by atoms with Crippen molar-refractivity contribution in [2.75, 3.05) is 31.6 Å². The number of nitrogens with zero attached hydrogens (tertiary/aromatic N) is 1. The number of hydrogen-bond donors (Lipinski definition) is 2. The zero-order valence-corrected chi connectivity index (χ0v) is 15.7. The van der Waals surface area contributed by atoms with E-state index in [1.807, 2.05) is 30.3 Å². The maximum absolute atomic E-state index is 12.4. The van der Waals surface area contributed by atoms with Gasteiger partial charge in [-0.1, -0.05) is 30.3 Å². The molecule has 0 bridgehead atoms. The van der Waals surface area contributed by atoms with Crippen LogP contribution in [0.1, 0.15) is 16.8 Å². The van der Waals surface area contributed by atoms with Gasteiger partial charge in [0.1, 0.15) is 5.75 Å². The Labute approximate surface area is 163 Å². The SMILES string of the molecule is COc1ccccc1C(=O)NCCNC(=O)[C@H]1CC(=O)N(c2ccccc2)C1. The van der Waals surface area contributed by atoms with E-state index in [1.165, 1.54) is 7.11 Å². The lowest BCUT2D eigenvalue weighted by Gasteiger charge is -2.16. The molecular weight excluding hydrogens is 358 g/mol. The second-order valence-corrected chi connectivity index (χ2v) is 6.49. The summed E-state index contributed by atoms with van der Waals surface area (Å²) in [6, 6.07) is 16.2. The maximum atomic E-state index is 12.4. The second-order valence-electron chi connectivity index (χ2n) is 6.49. The summed E-state index contributed by atoms with van der Waals surface area (Å²) in [4.78, 5) is 38.4. The first-order valence-electron chi connectivity index (χ1n) is 9.14. The van der Waals surface area contributed by atoms with E-state index < -0.39 is 5.92 Å². The van der Waals surface area contributed by atoms with Crippen LogP contribution in [0.3, 0.4) is 0 Å². The van der Waals surface area contributed by atoms with Crippen LogP contribution in [0.25, 0.3) is 0 Å². The van der Waals surface area contributed by atoms with Gasteiger partial charge in [0.25, 0.3) is 5.91 Å². The summed E-state index contributed by atoms with van der Waals surface area (Å²) >= 11 is 0. The van der Waals surface area contributed by atoms with Gasteiger partial charge in [-0.2, -0.15) is 0 Å². The van der Waals surface area contributed by atoms with Crippen LogP contribution in [-0.2, 0) is 9.59 Å². The predicted molar refractivity (Wildman–Crippen MR) is 105 cm³/mol. The number of amides is 3. The minimum Gasteiger partial charge on any atom is -0.496 e. The van der Waals surface area contributed by atoms with Gasteiger partial charge < -0.3 is 20.3 Å². The highest BCUT2D eigenvalue weighted by Crippen LogP contribution is 2.24. The van der Waals surface area contributed by atoms with E-state index in [-0.39, 0.29) is 37.2 Å². The molecule has 1 aliphatic heterocycles. The Morgan fingerprint density at radius 3 is 2.46 bits per heavy atom. The first-order valence-corrected chi connectivity index (χ1v) is 9.14. The van der Waals surface area contributed by atoms with E-state index in [0.717, 1.165) is 5.69 Å². The molecule has 7 nitrogen and oxygen atoms in total. The fraction of sp³-hybridized carbons (Fsp3) is 0.286. The number of anilines is 1. The summed E-state index contributed by atoms with van der Waals surface area (Å²) in [7, 11) is 1.51. The van der Waals surface area contributed by atoms with Crippen LogP contribution in [0.15, 0.2) is 54.6 Å². The third-order valence-electron chi connectivity index (χ3n) is 4.63. The first-order chi connectivity index (χ1) is 13.6. The molecule has 1 fully saturated rings. The van der Waals surface area contributed by atoms with Crippen LogP contribution in [0.2, 0.25) is 0 Å². The molecule has 28 heavy (non-hydrogen) atoms. The minimum atomic E-state index is -0.391. The number of benzene rings is 2. The van der Waals surface area contributed by atoms with Crippen LogP contribution in [0, 0.1) is 5.92 Å². The van der Waals surface area contributed by atoms with Gasteiger partial charge in [0.05, 0.1) is 18.6 Å². The average molecular weight is 381 g/mol. The number of hydrogen-bond acceptors (Lipinski definition) is 4. The van der Waals surface area contributed by atoms with Crippen LogP contribution in [0.4, 0.5) is 5.69 Å². The predicted octanol–water partition coefficient (Wildman–Crippen LogP) is 1.59. The van der Waals surface area contributed by atoms with Gasteiger partial charge in [-0.15, -0.1) is 0 Å². The molecule has 0 unspecified atom stereocenters. The highest BCUT2D eigenvalue weighted by molar-refractivity contribution is 6.00. The van der Waals surface area contributed by atoms with Gasteiger partial charge in [-0.3, -0.25) is 14.4 Å². The van der Waals surface area contributed by atoms with Crippen molar-refractivity contribution in [2.45, 2.75) is 6.42 Å². The Balaban J connectivity index is 1.45. The smallest absolute Gasteiger partial charge is 0.255 e. The Morgan fingerprint density at radius 1 is 1.04 bits per heavy atom. The lowest BCUT2D eigenvalue weighted by Crippen LogP contribution is -2.38. The van der Waals surface area contributed by atoms with Crippen molar-refractivity contribution in [1.82, 2.24) is 10.6 Å².